The molecule has 0 aliphatic heterocycles. The predicted molar refractivity (Wildman–Crippen MR) is 83.9 cm³/mol. The van der Waals surface area contributed by atoms with Crippen LogP contribution in [0.4, 0.5) is 5.69 Å². The number of hydrogen-bond donors (Lipinski definition) is 4. The van der Waals surface area contributed by atoms with Crippen LogP contribution in [-0.2, 0) is 4.79 Å². The topological polar surface area (TPSA) is 115 Å². The summed E-state index contributed by atoms with van der Waals surface area (Å²) in [5, 5.41) is 10.7. The molecule has 1 aromatic carbocycles. The Morgan fingerprint density at radius 2 is 2.05 bits per heavy atom. The average Bonchev–Trinajstić information content (AvgIpc) is 2.81. The van der Waals surface area contributed by atoms with Gasteiger partial charge in [-0.1, -0.05) is 12.1 Å². The number of nitrogens with zero attached hydrogens (tertiary/aromatic N) is 1. The van der Waals surface area contributed by atoms with Crippen LogP contribution in [0.3, 0.4) is 0 Å². The summed E-state index contributed by atoms with van der Waals surface area (Å²) in [4.78, 5) is 27.2. The third kappa shape index (κ3) is 3.32. The van der Waals surface area contributed by atoms with Crippen LogP contribution < -0.4 is 11.1 Å². The summed E-state index contributed by atoms with van der Waals surface area (Å²) in [5.74, 6) is -0.945. The van der Waals surface area contributed by atoms with E-state index in [0.29, 0.717) is 16.9 Å². The lowest BCUT2D eigenvalue weighted by molar-refractivity contribution is -0.114. The fourth-order valence-electron chi connectivity index (χ4n) is 1.86. The molecule has 2 rings (SSSR count). The summed E-state index contributed by atoms with van der Waals surface area (Å²) < 4.78 is 0. The number of nitrogens with two attached hydrogens (primary N) is 1. The molecule has 112 valence electrons. The third-order valence-electron chi connectivity index (χ3n) is 2.86. The van der Waals surface area contributed by atoms with Crippen LogP contribution in [0.25, 0.3) is 10.9 Å². The largest absolute Gasteiger partial charge is 0.370 e. The van der Waals surface area contributed by atoms with Gasteiger partial charge in [-0.05, 0) is 12.1 Å². The number of rotatable bonds is 2. The molecule has 0 fully saturated rings. The van der Waals surface area contributed by atoms with Crippen LogP contribution in [0.15, 0.2) is 24.3 Å². The van der Waals surface area contributed by atoms with Gasteiger partial charge < -0.3 is 16.0 Å². The summed E-state index contributed by atoms with van der Waals surface area (Å²) in [6.07, 6.45) is 0. The lowest BCUT2D eigenvalue weighted by Crippen LogP contribution is -2.38. The maximum absolute atomic E-state index is 12.1. The van der Waals surface area contributed by atoms with Gasteiger partial charge in [0.1, 0.15) is 5.69 Å². The highest BCUT2D eigenvalue weighted by Crippen LogP contribution is 2.24. The highest BCUT2D eigenvalue weighted by atomic mass is 35.5. The lowest BCUT2D eigenvalue weighted by atomic mass is 10.2. The SMILES string of the molecule is CC(=O)Nc1cccc2cc(C(=O)N(C)C(=N)N)[nH]c12.Cl. The Labute approximate surface area is 127 Å². The maximum Gasteiger partial charge on any atom is 0.276 e. The molecular formula is C13H16ClN5O2. The van der Waals surface area contributed by atoms with Gasteiger partial charge in [-0.3, -0.25) is 19.9 Å². The Balaban J connectivity index is 0.00000220. The molecule has 2 aromatic rings. The molecule has 5 N–H and O–H groups in total. The molecule has 0 atom stereocenters. The Kier molecular flexibility index (Phi) is 4.93. The van der Waals surface area contributed by atoms with Crippen molar-refractivity contribution in [3.05, 3.63) is 30.0 Å². The fraction of sp³-hybridized carbons (Fsp3) is 0.154. The van der Waals surface area contributed by atoms with Crippen molar-refractivity contribution in [2.45, 2.75) is 6.92 Å². The second kappa shape index (κ2) is 6.27. The number of halogens is 1. The number of guanidine groups is 1. The van der Waals surface area contributed by atoms with Crippen LogP contribution >= 0.6 is 12.4 Å². The maximum atomic E-state index is 12.1. The van der Waals surface area contributed by atoms with Crippen LogP contribution in [0.2, 0.25) is 0 Å². The molecule has 7 nitrogen and oxygen atoms in total. The Bertz CT molecular complexity index is 710. The molecule has 1 aromatic heterocycles. The van der Waals surface area contributed by atoms with Crippen molar-refractivity contribution < 1.29 is 9.59 Å². The van der Waals surface area contributed by atoms with Crippen LogP contribution in [0.1, 0.15) is 17.4 Å². The zero-order valence-corrected chi connectivity index (χ0v) is 12.4. The molecule has 21 heavy (non-hydrogen) atoms. The van der Waals surface area contributed by atoms with Gasteiger partial charge in [0.25, 0.3) is 5.91 Å². The van der Waals surface area contributed by atoms with Gasteiger partial charge in [0.05, 0.1) is 11.2 Å². The van der Waals surface area contributed by atoms with E-state index in [2.05, 4.69) is 10.3 Å². The quantitative estimate of drug-likeness (QED) is 0.498. The number of hydrogen-bond acceptors (Lipinski definition) is 3. The van der Waals surface area contributed by atoms with Crippen molar-refractivity contribution in [2.75, 3.05) is 12.4 Å². The van der Waals surface area contributed by atoms with Crippen molar-refractivity contribution in [1.82, 2.24) is 9.88 Å². The van der Waals surface area contributed by atoms with E-state index in [1.54, 1.807) is 18.2 Å². The summed E-state index contributed by atoms with van der Waals surface area (Å²) in [5.41, 5.74) is 6.84. The van der Waals surface area contributed by atoms with E-state index in [-0.39, 0.29) is 24.3 Å². The second-order valence-electron chi connectivity index (χ2n) is 4.38. The number of H-pyrrole nitrogens is 1. The van der Waals surface area contributed by atoms with Gasteiger partial charge in [-0.15, -0.1) is 12.4 Å². The highest BCUT2D eigenvalue weighted by molar-refractivity contribution is 6.08. The van der Waals surface area contributed by atoms with E-state index >= 15 is 0 Å². The minimum absolute atomic E-state index is 0. The van der Waals surface area contributed by atoms with Gasteiger partial charge in [0.15, 0.2) is 5.96 Å². The average molecular weight is 310 g/mol. The number of carbonyl (C=O) groups excluding carboxylic acids is 2. The van der Waals surface area contributed by atoms with E-state index in [1.165, 1.54) is 14.0 Å². The Hall–Kier alpha value is -2.54. The highest BCUT2D eigenvalue weighted by Gasteiger charge is 2.17. The Morgan fingerprint density at radius 1 is 1.38 bits per heavy atom. The third-order valence-corrected chi connectivity index (χ3v) is 2.86. The number of benzene rings is 1. The van der Waals surface area contributed by atoms with Gasteiger partial charge in [-0.2, -0.15) is 0 Å². The molecular weight excluding hydrogens is 294 g/mol. The number of fused-ring (bicyclic) bond motifs is 1. The van der Waals surface area contributed by atoms with Crippen molar-refractivity contribution in [3.8, 4) is 0 Å². The first-order valence-electron chi connectivity index (χ1n) is 5.91. The number of anilines is 1. The normalized spacial score (nSPS) is 9.81. The first-order chi connectivity index (χ1) is 9.40. The monoisotopic (exact) mass is 309 g/mol. The number of carbonyl (C=O) groups is 2. The lowest BCUT2D eigenvalue weighted by Gasteiger charge is -2.12. The van der Waals surface area contributed by atoms with E-state index in [0.717, 1.165) is 10.3 Å². The van der Waals surface area contributed by atoms with Crippen LogP contribution in [0, 0.1) is 5.41 Å². The van der Waals surface area contributed by atoms with E-state index < -0.39 is 5.91 Å². The number of aromatic amines is 1. The van der Waals surface area contributed by atoms with Gasteiger partial charge >= 0.3 is 0 Å². The van der Waals surface area contributed by atoms with Gasteiger partial charge in [0.2, 0.25) is 5.91 Å². The summed E-state index contributed by atoms with van der Waals surface area (Å²) in [6.45, 7) is 1.41. The van der Waals surface area contributed by atoms with Gasteiger partial charge in [-0.25, -0.2) is 0 Å². The van der Waals surface area contributed by atoms with Crippen molar-refractivity contribution in [1.29, 1.82) is 5.41 Å². The van der Waals surface area contributed by atoms with Crippen molar-refractivity contribution in [3.63, 3.8) is 0 Å². The summed E-state index contributed by atoms with van der Waals surface area (Å²) in [7, 11) is 1.42. The molecule has 0 aliphatic carbocycles. The number of aromatic nitrogens is 1. The molecule has 0 saturated heterocycles. The van der Waals surface area contributed by atoms with Crippen LogP contribution in [0.5, 0.6) is 0 Å². The first-order valence-corrected chi connectivity index (χ1v) is 5.91. The van der Waals surface area contributed by atoms with Gasteiger partial charge in [0, 0.05) is 19.4 Å². The number of amides is 2. The smallest absolute Gasteiger partial charge is 0.276 e. The zero-order chi connectivity index (χ0) is 14.9. The molecule has 0 radical (unpaired) electrons. The summed E-state index contributed by atoms with van der Waals surface area (Å²) in [6, 6.07) is 7.00. The molecule has 0 bridgehead atoms. The van der Waals surface area contributed by atoms with Crippen LogP contribution in [-0.4, -0.2) is 34.7 Å². The molecule has 0 aliphatic rings. The van der Waals surface area contributed by atoms with E-state index in [4.69, 9.17) is 11.1 Å². The van der Waals surface area contributed by atoms with Crippen molar-refractivity contribution in [2.24, 2.45) is 5.73 Å². The first kappa shape index (κ1) is 16.5. The molecule has 2 amide bonds. The second-order valence-corrected chi connectivity index (χ2v) is 4.38. The zero-order valence-electron chi connectivity index (χ0n) is 11.6. The Morgan fingerprint density at radius 3 is 2.62 bits per heavy atom. The number of para-hydroxylation sites is 1. The molecule has 0 unspecified atom stereocenters. The minimum atomic E-state index is -0.414. The van der Waals surface area contributed by atoms with E-state index in [9.17, 15) is 9.59 Å². The fourth-order valence-corrected chi connectivity index (χ4v) is 1.86. The number of nitrogens with one attached hydrogen (secondary N) is 3. The molecule has 1 heterocycles. The predicted octanol–water partition coefficient (Wildman–Crippen LogP) is 1.51. The standard InChI is InChI=1S/C13H15N5O2.ClH/c1-7(19)16-9-5-3-4-8-6-10(17-11(8)9)12(20)18(2)13(14)15;/h3-6,17H,1-2H3,(H3,14,15)(H,16,19);1H. The van der Waals surface area contributed by atoms with E-state index in [1.807, 2.05) is 6.07 Å². The molecule has 0 spiro atoms. The molecule has 0 saturated carbocycles. The summed E-state index contributed by atoms with van der Waals surface area (Å²) >= 11 is 0. The molecule has 8 heteroatoms. The minimum Gasteiger partial charge on any atom is -0.370 e. The van der Waals surface area contributed by atoms with Crippen molar-refractivity contribution >= 4 is 46.8 Å².